The van der Waals surface area contributed by atoms with Crippen molar-refractivity contribution < 1.29 is 27.8 Å². The van der Waals surface area contributed by atoms with Crippen LogP contribution in [0, 0.1) is 5.82 Å². The van der Waals surface area contributed by atoms with E-state index in [1.165, 1.54) is 42.6 Å². The standard InChI is InChI=1S/C16H15F3N2O3/c17-11-5-3-10(4-6-11)13(22)8-21-15(23)12-2-1-7-20-16(12)24-9-14(18)19/h1-7,13-14,22H,8-9H2,(H,21,23). The number of carbonyl (C=O) groups excluding carboxylic acids is 1. The minimum atomic E-state index is -2.69. The molecule has 2 aromatic rings. The second-order valence-corrected chi connectivity index (χ2v) is 4.84. The molecule has 1 unspecified atom stereocenters. The maximum absolute atomic E-state index is 12.8. The molecule has 0 spiro atoms. The number of aliphatic hydroxyl groups is 1. The first-order chi connectivity index (χ1) is 11.5. The maximum atomic E-state index is 12.8. The average Bonchev–Trinajstić information content (AvgIpc) is 2.58. The fourth-order valence-corrected chi connectivity index (χ4v) is 1.91. The lowest BCUT2D eigenvalue weighted by Gasteiger charge is -2.13. The number of benzene rings is 1. The number of hydrogen-bond donors (Lipinski definition) is 2. The van der Waals surface area contributed by atoms with Crippen LogP contribution in [0.1, 0.15) is 22.0 Å². The van der Waals surface area contributed by atoms with Gasteiger partial charge in [-0.25, -0.2) is 18.2 Å². The smallest absolute Gasteiger partial charge is 0.272 e. The van der Waals surface area contributed by atoms with Crippen molar-refractivity contribution in [2.45, 2.75) is 12.5 Å². The molecule has 0 saturated heterocycles. The molecule has 0 fully saturated rings. The van der Waals surface area contributed by atoms with Gasteiger partial charge in [-0.2, -0.15) is 0 Å². The molecular weight excluding hydrogens is 325 g/mol. The molecule has 1 heterocycles. The van der Waals surface area contributed by atoms with E-state index in [9.17, 15) is 23.1 Å². The molecule has 2 rings (SSSR count). The minimum Gasteiger partial charge on any atom is -0.471 e. The Morgan fingerprint density at radius 3 is 2.62 bits per heavy atom. The molecule has 5 nitrogen and oxygen atoms in total. The normalized spacial score (nSPS) is 12.0. The first-order valence-corrected chi connectivity index (χ1v) is 7.05. The van der Waals surface area contributed by atoms with Crippen molar-refractivity contribution in [2.75, 3.05) is 13.2 Å². The minimum absolute atomic E-state index is 0.0237. The Morgan fingerprint density at radius 1 is 1.25 bits per heavy atom. The van der Waals surface area contributed by atoms with Gasteiger partial charge in [-0.15, -0.1) is 0 Å². The second kappa shape index (κ2) is 8.30. The van der Waals surface area contributed by atoms with Crippen LogP contribution in [0.15, 0.2) is 42.6 Å². The molecule has 1 atom stereocenters. The van der Waals surface area contributed by atoms with E-state index in [2.05, 4.69) is 10.3 Å². The van der Waals surface area contributed by atoms with Crippen LogP contribution in [0.25, 0.3) is 0 Å². The van der Waals surface area contributed by atoms with Crippen LogP contribution in [0.3, 0.4) is 0 Å². The summed E-state index contributed by atoms with van der Waals surface area (Å²) in [4.78, 5) is 15.9. The Hall–Kier alpha value is -2.61. The Morgan fingerprint density at radius 2 is 1.96 bits per heavy atom. The Labute approximate surface area is 136 Å². The molecular formula is C16H15F3N2O3. The lowest BCUT2D eigenvalue weighted by atomic mass is 10.1. The number of carbonyl (C=O) groups is 1. The third kappa shape index (κ3) is 4.95. The van der Waals surface area contributed by atoms with Gasteiger partial charge in [-0.1, -0.05) is 12.1 Å². The van der Waals surface area contributed by atoms with E-state index >= 15 is 0 Å². The predicted octanol–water partition coefficient (Wildman–Crippen LogP) is 2.33. The SMILES string of the molecule is O=C(NCC(O)c1ccc(F)cc1)c1cccnc1OCC(F)F. The molecule has 1 amide bonds. The van der Waals surface area contributed by atoms with Crippen LogP contribution in [-0.4, -0.2) is 35.6 Å². The number of aromatic nitrogens is 1. The summed E-state index contributed by atoms with van der Waals surface area (Å²) >= 11 is 0. The van der Waals surface area contributed by atoms with Gasteiger partial charge < -0.3 is 15.2 Å². The summed E-state index contributed by atoms with van der Waals surface area (Å²) in [6.07, 6.45) is -2.43. The summed E-state index contributed by atoms with van der Waals surface area (Å²) in [6, 6.07) is 8.00. The highest BCUT2D eigenvalue weighted by molar-refractivity contribution is 5.96. The van der Waals surface area contributed by atoms with Gasteiger partial charge >= 0.3 is 0 Å². The van der Waals surface area contributed by atoms with Gasteiger partial charge in [0.15, 0.2) is 6.61 Å². The van der Waals surface area contributed by atoms with E-state index in [1.807, 2.05) is 0 Å². The monoisotopic (exact) mass is 340 g/mol. The van der Waals surface area contributed by atoms with Gasteiger partial charge in [0.2, 0.25) is 5.88 Å². The number of rotatable bonds is 7. The molecule has 0 aliphatic carbocycles. The number of aliphatic hydroxyl groups excluding tert-OH is 1. The van der Waals surface area contributed by atoms with E-state index in [4.69, 9.17) is 4.74 Å². The molecule has 24 heavy (non-hydrogen) atoms. The van der Waals surface area contributed by atoms with Crippen molar-refractivity contribution in [2.24, 2.45) is 0 Å². The van der Waals surface area contributed by atoms with E-state index in [-0.39, 0.29) is 18.0 Å². The quantitative estimate of drug-likeness (QED) is 0.811. The number of pyridine rings is 1. The topological polar surface area (TPSA) is 71.5 Å². The van der Waals surface area contributed by atoms with E-state index in [0.717, 1.165) is 0 Å². The van der Waals surface area contributed by atoms with Crippen molar-refractivity contribution in [3.05, 3.63) is 59.5 Å². The summed E-state index contributed by atoms with van der Waals surface area (Å²) in [5, 5.41) is 12.4. The van der Waals surface area contributed by atoms with Gasteiger partial charge in [0.1, 0.15) is 11.4 Å². The number of hydrogen-bond acceptors (Lipinski definition) is 4. The number of amides is 1. The summed E-state index contributed by atoms with van der Waals surface area (Å²) in [5.74, 6) is -1.29. The van der Waals surface area contributed by atoms with Crippen LogP contribution >= 0.6 is 0 Å². The van der Waals surface area contributed by atoms with E-state index in [1.54, 1.807) is 0 Å². The van der Waals surface area contributed by atoms with E-state index < -0.39 is 30.9 Å². The molecule has 8 heteroatoms. The Kier molecular flexibility index (Phi) is 6.14. The molecule has 0 radical (unpaired) electrons. The molecule has 0 saturated carbocycles. The third-order valence-electron chi connectivity index (χ3n) is 3.07. The zero-order valence-corrected chi connectivity index (χ0v) is 12.5. The number of alkyl halides is 2. The summed E-state index contributed by atoms with van der Waals surface area (Å²) < 4.78 is 42.1. The largest absolute Gasteiger partial charge is 0.471 e. The van der Waals surface area contributed by atoms with Crippen LogP contribution in [0.2, 0.25) is 0 Å². The number of nitrogens with one attached hydrogen (secondary N) is 1. The molecule has 128 valence electrons. The van der Waals surface area contributed by atoms with Crippen molar-refractivity contribution in [3.8, 4) is 5.88 Å². The second-order valence-electron chi connectivity index (χ2n) is 4.84. The lowest BCUT2D eigenvalue weighted by Crippen LogP contribution is -2.29. The van der Waals surface area contributed by atoms with Crippen molar-refractivity contribution in [3.63, 3.8) is 0 Å². The molecule has 0 bridgehead atoms. The highest BCUT2D eigenvalue weighted by Gasteiger charge is 2.16. The van der Waals surface area contributed by atoms with E-state index in [0.29, 0.717) is 5.56 Å². The fraction of sp³-hybridized carbons (Fsp3) is 0.250. The van der Waals surface area contributed by atoms with Gasteiger partial charge in [-0.3, -0.25) is 4.79 Å². The fourth-order valence-electron chi connectivity index (χ4n) is 1.91. The Bertz CT molecular complexity index is 681. The highest BCUT2D eigenvalue weighted by Crippen LogP contribution is 2.16. The first-order valence-electron chi connectivity index (χ1n) is 7.05. The maximum Gasteiger partial charge on any atom is 0.272 e. The summed E-state index contributed by atoms with van der Waals surface area (Å²) in [7, 11) is 0. The van der Waals surface area contributed by atoms with Gasteiger partial charge in [0.25, 0.3) is 12.3 Å². The molecule has 1 aromatic carbocycles. The van der Waals surface area contributed by atoms with Gasteiger partial charge in [0, 0.05) is 12.7 Å². The highest BCUT2D eigenvalue weighted by atomic mass is 19.3. The van der Waals surface area contributed by atoms with Crippen molar-refractivity contribution >= 4 is 5.91 Å². The van der Waals surface area contributed by atoms with Crippen molar-refractivity contribution in [1.29, 1.82) is 0 Å². The number of halogens is 3. The lowest BCUT2D eigenvalue weighted by molar-refractivity contribution is 0.0768. The molecule has 1 aromatic heterocycles. The van der Waals surface area contributed by atoms with Crippen LogP contribution < -0.4 is 10.1 Å². The van der Waals surface area contributed by atoms with Gasteiger partial charge in [0.05, 0.1) is 6.10 Å². The van der Waals surface area contributed by atoms with Crippen LogP contribution in [0.4, 0.5) is 13.2 Å². The Balaban J connectivity index is 1.98. The molecule has 2 N–H and O–H groups in total. The summed E-state index contributed by atoms with van der Waals surface area (Å²) in [6.45, 7) is -1.02. The first kappa shape index (κ1) is 17.7. The summed E-state index contributed by atoms with van der Waals surface area (Å²) in [5.41, 5.74) is 0.404. The average molecular weight is 340 g/mol. The van der Waals surface area contributed by atoms with Crippen molar-refractivity contribution in [1.82, 2.24) is 10.3 Å². The van der Waals surface area contributed by atoms with Crippen LogP contribution in [0.5, 0.6) is 5.88 Å². The predicted molar refractivity (Wildman–Crippen MR) is 79.4 cm³/mol. The molecule has 0 aliphatic rings. The van der Waals surface area contributed by atoms with Gasteiger partial charge in [-0.05, 0) is 29.8 Å². The zero-order valence-electron chi connectivity index (χ0n) is 12.5. The number of ether oxygens (including phenoxy) is 1. The molecule has 0 aliphatic heterocycles. The third-order valence-corrected chi connectivity index (χ3v) is 3.07. The number of nitrogens with zero attached hydrogens (tertiary/aromatic N) is 1. The zero-order chi connectivity index (χ0) is 17.5. The van der Waals surface area contributed by atoms with Crippen LogP contribution in [-0.2, 0) is 0 Å².